The van der Waals surface area contributed by atoms with Crippen LogP contribution in [0.15, 0.2) is 95.9 Å². The lowest BCUT2D eigenvalue weighted by molar-refractivity contribution is -0.149. The van der Waals surface area contributed by atoms with Gasteiger partial charge in [0.15, 0.2) is 11.2 Å². The normalized spacial score (nSPS) is 19.7. The molecule has 1 aliphatic heterocycles. The van der Waals surface area contributed by atoms with E-state index in [4.69, 9.17) is 18.6 Å². The zero-order chi connectivity index (χ0) is 32.4. The average molecular weight is 640 g/mol. The molecule has 0 spiro atoms. The van der Waals surface area contributed by atoms with Crippen LogP contribution < -0.4 is 15.7 Å². The van der Waals surface area contributed by atoms with Crippen LogP contribution in [-0.4, -0.2) is 58.4 Å². The van der Waals surface area contributed by atoms with E-state index < -0.39 is 53.2 Å². The zero-order valence-electron chi connectivity index (χ0n) is 26.9. The maximum Gasteiger partial charge on any atom is 0.408 e. The van der Waals surface area contributed by atoms with Gasteiger partial charge in [0.05, 0.1) is 11.5 Å². The summed E-state index contributed by atoms with van der Waals surface area (Å²) in [6.07, 6.45) is -2.83. The number of rotatable bonds is 9. The van der Waals surface area contributed by atoms with E-state index in [1.165, 1.54) is 12.1 Å². The fourth-order valence-corrected chi connectivity index (χ4v) is 12.0. The molecule has 0 aromatic heterocycles. The third-order valence-corrected chi connectivity index (χ3v) is 14.5. The minimum Gasteiger partial charge on any atom is -0.444 e. The molecule has 0 bridgehead atoms. The van der Waals surface area contributed by atoms with Crippen LogP contribution in [0.25, 0.3) is 0 Å². The van der Waals surface area contributed by atoms with Crippen LogP contribution in [0.1, 0.15) is 55.4 Å². The van der Waals surface area contributed by atoms with Crippen molar-refractivity contribution >= 4 is 34.6 Å². The van der Waals surface area contributed by atoms with Gasteiger partial charge in [0.1, 0.15) is 17.8 Å². The molecule has 44 heavy (non-hydrogen) atoms. The van der Waals surface area contributed by atoms with Crippen molar-refractivity contribution in [2.24, 2.45) is 0 Å². The minimum absolute atomic E-state index is 0.0260. The van der Waals surface area contributed by atoms with Crippen molar-refractivity contribution < 1.29 is 31.8 Å². The monoisotopic (exact) mass is 639 g/mol. The van der Waals surface area contributed by atoms with Crippen molar-refractivity contribution in [1.29, 1.82) is 0 Å². The van der Waals surface area contributed by atoms with Crippen molar-refractivity contribution in [3.8, 4) is 0 Å². The van der Waals surface area contributed by atoms with Crippen molar-refractivity contribution in [3.05, 3.63) is 91.0 Å². The van der Waals surface area contributed by atoms with Gasteiger partial charge in [-0.15, -0.1) is 0 Å². The Morgan fingerprint density at radius 2 is 1.32 bits per heavy atom. The van der Waals surface area contributed by atoms with Crippen molar-refractivity contribution in [3.63, 3.8) is 0 Å². The molecule has 0 radical (unpaired) electrons. The van der Waals surface area contributed by atoms with E-state index >= 15 is 0 Å². The largest absolute Gasteiger partial charge is 0.444 e. The highest BCUT2D eigenvalue weighted by Gasteiger charge is 2.54. The van der Waals surface area contributed by atoms with Gasteiger partial charge in [-0.2, -0.15) is 0 Å². The predicted octanol–water partition coefficient (Wildman–Crippen LogP) is 5.41. The molecule has 0 aliphatic carbocycles. The maximum absolute atomic E-state index is 14.1. The predicted molar refractivity (Wildman–Crippen MR) is 174 cm³/mol. The number of nitrogens with one attached hydrogen (secondary N) is 1. The van der Waals surface area contributed by atoms with Gasteiger partial charge in [-0.25, -0.2) is 13.2 Å². The molecular weight excluding hydrogens is 595 g/mol. The first kappa shape index (κ1) is 33.9. The Kier molecular flexibility index (Phi) is 9.82. The second kappa shape index (κ2) is 12.8. The van der Waals surface area contributed by atoms with Crippen LogP contribution in [0.3, 0.4) is 0 Å². The van der Waals surface area contributed by atoms with E-state index in [9.17, 15) is 13.2 Å². The van der Waals surface area contributed by atoms with Crippen molar-refractivity contribution in [2.45, 2.75) is 94.3 Å². The van der Waals surface area contributed by atoms with Gasteiger partial charge >= 0.3 is 6.09 Å². The Morgan fingerprint density at radius 3 is 1.77 bits per heavy atom. The zero-order valence-corrected chi connectivity index (χ0v) is 28.7. The fraction of sp³-hybridized carbons (Fsp3) is 0.441. The third-order valence-electron chi connectivity index (χ3n) is 7.47. The number of benzene rings is 3. The molecule has 1 aliphatic rings. The number of sulfone groups is 1. The van der Waals surface area contributed by atoms with E-state index in [1.54, 1.807) is 52.8 Å². The van der Waals surface area contributed by atoms with E-state index in [2.05, 4.69) is 50.4 Å². The van der Waals surface area contributed by atoms with Gasteiger partial charge < -0.3 is 24.0 Å². The first-order valence-electron chi connectivity index (χ1n) is 14.9. The molecule has 4 rings (SSSR count). The second-order valence-electron chi connectivity index (χ2n) is 13.5. The molecule has 0 saturated carbocycles. The number of carbonyl (C=O) groups excluding carboxylic acids is 1. The second-order valence-corrected chi connectivity index (χ2v) is 19.9. The van der Waals surface area contributed by atoms with Crippen LogP contribution in [0.5, 0.6) is 0 Å². The third kappa shape index (κ3) is 7.43. The van der Waals surface area contributed by atoms with Gasteiger partial charge in [-0.3, -0.25) is 0 Å². The number of alkyl carbamates (subject to hydrolysis) is 1. The molecule has 0 unspecified atom stereocenters. The number of ether oxygens (including phenoxy) is 3. The quantitative estimate of drug-likeness (QED) is 0.313. The summed E-state index contributed by atoms with van der Waals surface area (Å²) in [6, 6.07) is 28.3. The Bertz CT molecular complexity index is 1460. The maximum atomic E-state index is 14.1. The van der Waals surface area contributed by atoms with Crippen LogP contribution in [0.2, 0.25) is 5.04 Å². The molecule has 1 fully saturated rings. The lowest BCUT2D eigenvalue weighted by Crippen LogP contribution is -2.67. The van der Waals surface area contributed by atoms with Gasteiger partial charge in [-0.1, -0.05) is 99.6 Å². The van der Waals surface area contributed by atoms with E-state index in [0.717, 1.165) is 10.4 Å². The molecule has 3 aromatic carbocycles. The van der Waals surface area contributed by atoms with Crippen LogP contribution in [0.4, 0.5) is 4.79 Å². The smallest absolute Gasteiger partial charge is 0.408 e. The van der Waals surface area contributed by atoms with Gasteiger partial charge in [-0.05, 0) is 62.2 Å². The summed E-state index contributed by atoms with van der Waals surface area (Å²) < 4.78 is 53.5. The Balaban J connectivity index is 1.78. The Morgan fingerprint density at radius 1 is 0.841 bits per heavy atom. The lowest BCUT2D eigenvalue weighted by atomic mass is 10.2. The highest BCUT2D eigenvalue weighted by molar-refractivity contribution is 7.92. The summed E-state index contributed by atoms with van der Waals surface area (Å²) in [7, 11) is -7.16. The Hall–Kier alpha value is -3.02. The number of carbonyl (C=O) groups is 1. The molecule has 1 heterocycles. The summed E-state index contributed by atoms with van der Waals surface area (Å²) >= 11 is 0. The highest BCUT2D eigenvalue weighted by Crippen LogP contribution is 2.39. The molecule has 1 saturated heterocycles. The molecule has 3 atom stereocenters. The number of amides is 1. The fourth-order valence-electron chi connectivity index (χ4n) is 5.73. The summed E-state index contributed by atoms with van der Waals surface area (Å²) in [4.78, 5) is 13.1. The van der Waals surface area contributed by atoms with Crippen LogP contribution >= 0.6 is 0 Å². The molecular formula is C34H45NO7SSi. The van der Waals surface area contributed by atoms with Crippen LogP contribution in [0, 0.1) is 0 Å². The van der Waals surface area contributed by atoms with Crippen molar-refractivity contribution in [2.75, 3.05) is 6.61 Å². The van der Waals surface area contributed by atoms with Gasteiger partial charge in [0.2, 0.25) is 9.84 Å². The number of hydrogen-bond acceptors (Lipinski definition) is 7. The van der Waals surface area contributed by atoms with Crippen LogP contribution in [-0.2, 0) is 28.5 Å². The number of hydrogen-bond donors (Lipinski definition) is 1. The summed E-state index contributed by atoms with van der Waals surface area (Å²) in [6.45, 7) is 15.1. The van der Waals surface area contributed by atoms with E-state index in [1.807, 2.05) is 36.4 Å². The van der Waals surface area contributed by atoms with Gasteiger partial charge in [0.25, 0.3) is 8.32 Å². The summed E-state index contributed by atoms with van der Waals surface area (Å²) in [5.41, 5.74) is -0.844. The summed E-state index contributed by atoms with van der Waals surface area (Å²) in [5, 5.41) is 2.94. The molecule has 10 heteroatoms. The average Bonchev–Trinajstić information content (AvgIpc) is 3.25. The molecule has 238 valence electrons. The molecule has 1 amide bonds. The highest BCUT2D eigenvalue weighted by atomic mass is 32.2. The van der Waals surface area contributed by atoms with Gasteiger partial charge in [0, 0.05) is 0 Å². The van der Waals surface area contributed by atoms with E-state index in [0.29, 0.717) is 0 Å². The first-order chi connectivity index (χ1) is 20.5. The topological polar surface area (TPSA) is 100 Å². The SMILES string of the molecule is CC(C)(C)OC(=O)N[C@@H]([C@@H]1OC(C)(C)O[C@H]1CO[Si](c1ccccc1)(c1ccccc1)C(C)(C)C)S(=O)(=O)c1ccccc1. The van der Waals surface area contributed by atoms with Crippen molar-refractivity contribution in [1.82, 2.24) is 5.32 Å². The molecule has 8 nitrogen and oxygen atoms in total. The minimum atomic E-state index is -4.17. The van der Waals surface area contributed by atoms with E-state index in [-0.39, 0.29) is 16.5 Å². The molecule has 3 aromatic rings. The summed E-state index contributed by atoms with van der Waals surface area (Å²) in [5.74, 6) is -1.15. The standard InChI is InChI=1S/C34H45NO7SSi/c1-32(2,3)42-31(36)35-30(43(37,38)25-18-12-9-13-19-25)29-28(40-34(7,8)41-29)24-39-44(33(4,5)6,26-20-14-10-15-21-26)27-22-16-11-17-23-27/h9-23,28-30H,24H2,1-8H3,(H,35,36)/t28-,29+,30+/m0/s1. The Labute approximate surface area is 263 Å². The first-order valence-corrected chi connectivity index (χ1v) is 18.3. The lowest BCUT2D eigenvalue weighted by Gasteiger charge is -2.43. The molecule has 1 N–H and O–H groups in total.